The number of aromatic amines is 1. The summed E-state index contributed by atoms with van der Waals surface area (Å²) in [5.41, 5.74) is 6.88. The predicted molar refractivity (Wildman–Crippen MR) is 47.8 cm³/mol. The Hall–Kier alpha value is -1.62. The van der Waals surface area contributed by atoms with Gasteiger partial charge in [-0.15, -0.1) is 0 Å². The highest BCUT2D eigenvalue weighted by Crippen LogP contribution is 2.13. The van der Waals surface area contributed by atoms with Crippen LogP contribution in [0.25, 0.3) is 0 Å². The molecule has 0 aromatic carbocycles. The Balaban J connectivity index is 2.28. The fraction of sp³-hybridized carbons (Fsp3) is 0.250. The van der Waals surface area contributed by atoms with E-state index in [1.54, 1.807) is 23.3 Å². The van der Waals surface area contributed by atoms with Crippen molar-refractivity contribution in [2.75, 3.05) is 0 Å². The summed E-state index contributed by atoms with van der Waals surface area (Å²) >= 11 is 0. The highest BCUT2D eigenvalue weighted by Gasteiger charge is 2.11. The van der Waals surface area contributed by atoms with Crippen molar-refractivity contribution in [3.8, 4) is 0 Å². The second-order valence-electron chi connectivity index (χ2n) is 2.90. The molecule has 0 spiro atoms. The molecule has 0 aliphatic rings. The molecule has 0 saturated heterocycles. The molecule has 0 amide bonds. The molecule has 2 rings (SSSR count). The summed E-state index contributed by atoms with van der Waals surface area (Å²) in [5, 5.41) is 4.04. The Morgan fingerprint density at radius 2 is 2.46 bits per heavy atom. The zero-order valence-electron chi connectivity index (χ0n) is 7.31. The van der Waals surface area contributed by atoms with Gasteiger partial charge < -0.3 is 10.7 Å². The zero-order chi connectivity index (χ0) is 9.26. The third-order valence-electron chi connectivity index (χ3n) is 1.90. The molecule has 5 heteroatoms. The zero-order valence-corrected chi connectivity index (χ0v) is 7.31. The van der Waals surface area contributed by atoms with Crippen LogP contribution in [-0.4, -0.2) is 19.7 Å². The maximum absolute atomic E-state index is 5.93. The van der Waals surface area contributed by atoms with Crippen molar-refractivity contribution in [1.29, 1.82) is 0 Å². The molecule has 0 bridgehead atoms. The summed E-state index contributed by atoms with van der Waals surface area (Å²) in [6.45, 7) is 0. The number of aromatic nitrogens is 4. The third kappa shape index (κ3) is 1.46. The van der Waals surface area contributed by atoms with Crippen molar-refractivity contribution in [3.63, 3.8) is 0 Å². The van der Waals surface area contributed by atoms with E-state index in [1.807, 2.05) is 13.2 Å². The van der Waals surface area contributed by atoms with Crippen molar-refractivity contribution >= 4 is 0 Å². The van der Waals surface area contributed by atoms with Gasteiger partial charge in [0, 0.05) is 31.2 Å². The van der Waals surface area contributed by atoms with Crippen LogP contribution in [0.5, 0.6) is 0 Å². The second kappa shape index (κ2) is 3.02. The minimum atomic E-state index is -0.219. The quantitative estimate of drug-likeness (QED) is 0.687. The van der Waals surface area contributed by atoms with Crippen LogP contribution in [0, 0.1) is 0 Å². The van der Waals surface area contributed by atoms with Gasteiger partial charge >= 0.3 is 0 Å². The molecule has 2 heterocycles. The Morgan fingerprint density at radius 3 is 3.00 bits per heavy atom. The van der Waals surface area contributed by atoms with E-state index in [0.29, 0.717) is 0 Å². The molecule has 1 unspecified atom stereocenters. The Kier molecular flexibility index (Phi) is 1.86. The van der Waals surface area contributed by atoms with Gasteiger partial charge in [-0.2, -0.15) is 5.10 Å². The van der Waals surface area contributed by atoms with Crippen LogP contribution in [0.1, 0.15) is 17.4 Å². The van der Waals surface area contributed by atoms with E-state index in [0.717, 1.165) is 11.4 Å². The lowest BCUT2D eigenvalue weighted by molar-refractivity contribution is 0.761. The predicted octanol–water partition coefficient (Wildman–Crippen LogP) is 0.191. The first-order chi connectivity index (χ1) is 6.27. The summed E-state index contributed by atoms with van der Waals surface area (Å²) < 4.78 is 1.72. The summed E-state index contributed by atoms with van der Waals surface area (Å²) in [6, 6.07) is -0.219. The van der Waals surface area contributed by atoms with E-state index in [2.05, 4.69) is 15.1 Å². The third-order valence-corrected chi connectivity index (χ3v) is 1.90. The lowest BCUT2D eigenvalue weighted by Crippen LogP contribution is -2.12. The van der Waals surface area contributed by atoms with E-state index >= 15 is 0 Å². The number of rotatable bonds is 2. The lowest BCUT2D eigenvalue weighted by atomic mass is 10.2. The molecule has 0 fully saturated rings. The largest absolute Gasteiger partial charge is 0.347 e. The van der Waals surface area contributed by atoms with E-state index < -0.39 is 0 Å². The number of hydrogen-bond donors (Lipinski definition) is 2. The van der Waals surface area contributed by atoms with Gasteiger partial charge in [-0.25, -0.2) is 4.98 Å². The number of nitrogens with one attached hydrogen (secondary N) is 1. The average Bonchev–Trinajstić information content (AvgIpc) is 2.72. The molecule has 5 nitrogen and oxygen atoms in total. The summed E-state index contributed by atoms with van der Waals surface area (Å²) in [7, 11) is 1.86. The smallest absolute Gasteiger partial charge is 0.127 e. The molecule has 0 radical (unpaired) electrons. The van der Waals surface area contributed by atoms with Gasteiger partial charge in [-0.1, -0.05) is 0 Å². The fourth-order valence-electron chi connectivity index (χ4n) is 1.21. The Labute approximate surface area is 75.6 Å². The van der Waals surface area contributed by atoms with Crippen LogP contribution >= 0.6 is 0 Å². The molecule has 68 valence electrons. The molecule has 13 heavy (non-hydrogen) atoms. The van der Waals surface area contributed by atoms with Crippen molar-refractivity contribution in [2.45, 2.75) is 6.04 Å². The van der Waals surface area contributed by atoms with E-state index in [4.69, 9.17) is 5.73 Å². The topological polar surface area (TPSA) is 72.5 Å². The van der Waals surface area contributed by atoms with Gasteiger partial charge in [-0.3, -0.25) is 4.68 Å². The molecule has 3 N–H and O–H groups in total. The van der Waals surface area contributed by atoms with Crippen molar-refractivity contribution < 1.29 is 0 Å². The summed E-state index contributed by atoms with van der Waals surface area (Å²) in [4.78, 5) is 7.06. The molecule has 0 aliphatic carbocycles. The van der Waals surface area contributed by atoms with Gasteiger partial charge in [0.1, 0.15) is 5.82 Å². The van der Waals surface area contributed by atoms with Crippen LogP contribution in [0.2, 0.25) is 0 Å². The van der Waals surface area contributed by atoms with Gasteiger partial charge in [0.15, 0.2) is 0 Å². The number of nitrogens with two attached hydrogens (primary N) is 1. The van der Waals surface area contributed by atoms with Crippen LogP contribution in [-0.2, 0) is 7.05 Å². The van der Waals surface area contributed by atoms with E-state index in [1.165, 1.54) is 0 Å². The molecule has 2 aromatic heterocycles. The van der Waals surface area contributed by atoms with Gasteiger partial charge in [0.25, 0.3) is 0 Å². The first-order valence-electron chi connectivity index (χ1n) is 4.01. The molecule has 2 aromatic rings. The molecule has 0 saturated carbocycles. The average molecular weight is 177 g/mol. The molecule has 0 aliphatic heterocycles. The SMILES string of the molecule is Cn1cc(C(N)c2ncc[nH]2)cn1. The monoisotopic (exact) mass is 177 g/mol. The maximum Gasteiger partial charge on any atom is 0.127 e. The number of nitrogens with zero attached hydrogens (tertiary/aromatic N) is 3. The van der Waals surface area contributed by atoms with E-state index in [-0.39, 0.29) is 6.04 Å². The first-order valence-corrected chi connectivity index (χ1v) is 4.01. The van der Waals surface area contributed by atoms with Crippen molar-refractivity contribution in [1.82, 2.24) is 19.7 Å². The highest BCUT2D eigenvalue weighted by molar-refractivity contribution is 5.18. The van der Waals surface area contributed by atoms with Crippen LogP contribution in [0.15, 0.2) is 24.8 Å². The minimum absolute atomic E-state index is 0.219. The van der Waals surface area contributed by atoms with E-state index in [9.17, 15) is 0 Å². The van der Waals surface area contributed by atoms with Gasteiger partial charge in [0.2, 0.25) is 0 Å². The fourth-order valence-corrected chi connectivity index (χ4v) is 1.21. The molecular weight excluding hydrogens is 166 g/mol. The molecule has 1 atom stereocenters. The summed E-state index contributed by atoms with van der Waals surface area (Å²) in [5.74, 6) is 0.757. The Bertz CT molecular complexity index is 375. The Morgan fingerprint density at radius 1 is 1.62 bits per heavy atom. The normalized spacial score (nSPS) is 13.1. The number of hydrogen-bond acceptors (Lipinski definition) is 3. The first kappa shape index (κ1) is 8.00. The summed E-state index contributed by atoms with van der Waals surface area (Å²) in [6.07, 6.45) is 7.07. The van der Waals surface area contributed by atoms with Crippen molar-refractivity contribution in [3.05, 3.63) is 36.2 Å². The van der Waals surface area contributed by atoms with Crippen LogP contribution in [0.4, 0.5) is 0 Å². The van der Waals surface area contributed by atoms with Crippen LogP contribution < -0.4 is 5.73 Å². The maximum atomic E-state index is 5.93. The van der Waals surface area contributed by atoms with Crippen molar-refractivity contribution in [2.24, 2.45) is 12.8 Å². The highest BCUT2D eigenvalue weighted by atomic mass is 15.2. The molecular formula is C8H11N5. The minimum Gasteiger partial charge on any atom is -0.347 e. The van der Waals surface area contributed by atoms with Gasteiger partial charge in [0.05, 0.1) is 12.2 Å². The number of imidazole rings is 1. The number of H-pyrrole nitrogens is 1. The second-order valence-corrected chi connectivity index (χ2v) is 2.90. The number of aryl methyl sites for hydroxylation is 1. The van der Waals surface area contributed by atoms with Crippen LogP contribution in [0.3, 0.4) is 0 Å². The standard InChI is InChI=1S/C8H11N5/c1-13-5-6(4-12-13)7(9)8-10-2-3-11-8/h2-5,7H,9H2,1H3,(H,10,11). The van der Waals surface area contributed by atoms with Gasteiger partial charge in [-0.05, 0) is 0 Å². The lowest BCUT2D eigenvalue weighted by Gasteiger charge is -2.04.